The van der Waals surface area contributed by atoms with E-state index in [-0.39, 0.29) is 0 Å². The summed E-state index contributed by atoms with van der Waals surface area (Å²) in [4.78, 5) is 4.46. The Morgan fingerprint density at radius 3 is 2.80 bits per heavy atom. The van der Waals surface area contributed by atoms with Crippen molar-refractivity contribution in [2.24, 2.45) is 0 Å². The molecule has 0 amide bonds. The molecule has 0 atom stereocenters. The minimum atomic E-state index is 0.647. The van der Waals surface area contributed by atoms with Crippen LogP contribution in [0.25, 0.3) is 0 Å². The number of anilines is 1. The van der Waals surface area contributed by atoms with Gasteiger partial charge in [0.15, 0.2) is 0 Å². The highest BCUT2D eigenvalue weighted by atomic mass is 32.2. The standard InChI is InChI=1S/C11H16N2OS/c1-8-10(12)2-3-11(13-8)15-9-4-6-14-7-5-9/h2-3,9H,4-7,12H2,1H3. The van der Waals surface area contributed by atoms with Crippen molar-refractivity contribution in [1.82, 2.24) is 4.98 Å². The third-order valence-corrected chi connectivity index (χ3v) is 3.83. The van der Waals surface area contributed by atoms with Gasteiger partial charge in [0.2, 0.25) is 0 Å². The van der Waals surface area contributed by atoms with E-state index < -0.39 is 0 Å². The first kappa shape index (κ1) is 10.8. The zero-order chi connectivity index (χ0) is 10.7. The summed E-state index contributed by atoms with van der Waals surface area (Å²) in [7, 11) is 0. The molecule has 15 heavy (non-hydrogen) atoms. The number of thioether (sulfide) groups is 1. The summed E-state index contributed by atoms with van der Waals surface area (Å²) >= 11 is 1.84. The third kappa shape index (κ3) is 2.86. The molecule has 1 aromatic heterocycles. The number of hydrogen-bond acceptors (Lipinski definition) is 4. The summed E-state index contributed by atoms with van der Waals surface area (Å²) < 4.78 is 5.33. The number of pyridine rings is 1. The second-order valence-electron chi connectivity index (χ2n) is 3.75. The van der Waals surface area contributed by atoms with E-state index in [1.54, 1.807) is 0 Å². The lowest BCUT2D eigenvalue weighted by atomic mass is 10.2. The molecule has 0 radical (unpaired) electrons. The maximum atomic E-state index is 5.73. The smallest absolute Gasteiger partial charge is 0.0967 e. The first-order valence-electron chi connectivity index (χ1n) is 5.23. The van der Waals surface area contributed by atoms with Crippen molar-refractivity contribution in [3.05, 3.63) is 17.8 Å². The van der Waals surface area contributed by atoms with Crippen LogP contribution in [0, 0.1) is 6.92 Å². The predicted molar refractivity (Wildman–Crippen MR) is 63.1 cm³/mol. The molecule has 2 heterocycles. The molecule has 0 aliphatic carbocycles. The molecule has 1 aromatic rings. The molecule has 2 rings (SSSR count). The van der Waals surface area contributed by atoms with E-state index in [9.17, 15) is 0 Å². The number of aryl methyl sites for hydroxylation is 1. The fourth-order valence-corrected chi connectivity index (χ4v) is 2.68. The van der Waals surface area contributed by atoms with Crippen molar-refractivity contribution in [2.45, 2.75) is 30.0 Å². The quantitative estimate of drug-likeness (QED) is 0.837. The molecule has 82 valence electrons. The lowest BCUT2D eigenvalue weighted by molar-refractivity contribution is 0.1000. The van der Waals surface area contributed by atoms with Gasteiger partial charge in [-0.1, -0.05) is 0 Å². The lowest BCUT2D eigenvalue weighted by Gasteiger charge is -2.21. The minimum absolute atomic E-state index is 0.647. The summed E-state index contributed by atoms with van der Waals surface area (Å²) in [6.07, 6.45) is 2.24. The second-order valence-corrected chi connectivity index (χ2v) is 5.07. The molecular formula is C11H16N2OS. The Morgan fingerprint density at radius 1 is 1.40 bits per heavy atom. The van der Waals surface area contributed by atoms with Crippen LogP contribution >= 0.6 is 11.8 Å². The fraction of sp³-hybridized carbons (Fsp3) is 0.545. The number of aromatic nitrogens is 1. The zero-order valence-electron chi connectivity index (χ0n) is 8.90. The molecule has 1 aliphatic heterocycles. The summed E-state index contributed by atoms with van der Waals surface area (Å²) in [5.74, 6) is 0. The van der Waals surface area contributed by atoms with Gasteiger partial charge in [0.1, 0.15) is 0 Å². The summed E-state index contributed by atoms with van der Waals surface area (Å²) in [6.45, 7) is 3.71. The van der Waals surface area contributed by atoms with Gasteiger partial charge in [-0.15, -0.1) is 11.8 Å². The van der Waals surface area contributed by atoms with Gasteiger partial charge in [0.25, 0.3) is 0 Å². The van der Waals surface area contributed by atoms with Crippen LogP contribution in [-0.4, -0.2) is 23.4 Å². The number of nitrogens with zero attached hydrogens (tertiary/aromatic N) is 1. The molecule has 0 spiro atoms. The highest BCUT2D eigenvalue weighted by Gasteiger charge is 2.15. The highest BCUT2D eigenvalue weighted by Crippen LogP contribution is 2.29. The van der Waals surface area contributed by atoms with E-state index in [1.807, 2.05) is 30.8 Å². The van der Waals surface area contributed by atoms with E-state index in [0.717, 1.165) is 42.5 Å². The summed E-state index contributed by atoms with van der Waals surface area (Å²) in [5.41, 5.74) is 7.42. The highest BCUT2D eigenvalue weighted by molar-refractivity contribution is 7.99. The molecule has 1 aliphatic rings. The van der Waals surface area contributed by atoms with Gasteiger partial charge in [0.05, 0.1) is 16.4 Å². The van der Waals surface area contributed by atoms with Crippen molar-refractivity contribution < 1.29 is 4.74 Å². The monoisotopic (exact) mass is 224 g/mol. The first-order chi connectivity index (χ1) is 7.25. The Balaban J connectivity index is 2.00. The van der Waals surface area contributed by atoms with Gasteiger partial charge in [-0.2, -0.15) is 0 Å². The number of ether oxygens (including phenoxy) is 1. The van der Waals surface area contributed by atoms with Gasteiger partial charge in [0, 0.05) is 18.5 Å². The first-order valence-corrected chi connectivity index (χ1v) is 6.11. The van der Waals surface area contributed by atoms with Gasteiger partial charge in [-0.25, -0.2) is 4.98 Å². The Hall–Kier alpha value is -0.740. The maximum Gasteiger partial charge on any atom is 0.0967 e. The number of nitrogen functional groups attached to an aromatic ring is 1. The minimum Gasteiger partial charge on any atom is -0.397 e. The van der Waals surface area contributed by atoms with E-state index in [4.69, 9.17) is 10.5 Å². The Labute approximate surface area is 94.4 Å². The van der Waals surface area contributed by atoms with Crippen molar-refractivity contribution in [3.8, 4) is 0 Å². The van der Waals surface area contributed by atoms with Crippen molar-refractivity contribution in [3.63, 3.8) is 0 Å². The van der Waals surface area contributed by atoms with E-state index >= 15 is 0 Å². The predicted octanol–water partition coefficient (Wildman–Crippen LogP) is 2.24. The fourth-order valence-electron chi connectivity index (χ4n) is 1.58. The Bertz CT molecular complexity index is 337. The zero-order valence-corrected chi connectivity index (χ0v) is 9.72. The molecule has 0 aromatic carbocycles. The average molecular weight is 224 g/mol. The maximum absolute atomic E-state index is 5.73. The third-order valence-electron chi connectivity index (χ3n) is 2.56. The normalized spacial score (nSPS) is 17.9. The molecular weight excluding hydrogens is 208 g/mol. The Morgan fingerprint density at radius 2 is 2.13 bits per heavy atom. The number of nitrogens with two attached hydrogens (primary N) is 1. The lowest BCUT2D eigenvalue weighted by Crippen LogP contribution is -2.17. The van der Waals surface area contributed by atoms with Crippen molar-refractivity contribution in [1.29, 1.82) is 0 Å². The van der Waals surface area contributed by atoms with Crippen LogP contribution in [0.15, 0.2) is 17.2 Å². The Kier molecular flexibility index (Phi) is 3.49. The molecule has 0 bridgehead atoms. The summed E-state index contributed by atoms with van der Waals surface area (Å²) in [6, 6.07) is 3.94. The molecule has 4 heteroatoms. The summed E-state index contributed by atoms with van der Waals surface area (Å²) in [5, 5.41) is 1.72. The molecule has 3 nitrogen and oxygen atoms in total. The van der Waals surface area contributed by atoms with E-state index in [0.29, 0.717) is 5.25 Å². The van der Waals surface area contributed by atoms with Crippen molar-refractivity contribution in [2.75, 3.05) is 18.9 Å². The second kappa shape index (κ2) is 4.86. The van der Waals surface area contributed by atoms with Gasteiger partial charge in [-0.3, -0.25) is 0 Å². The molecule has 0 saturated carbocycles. The van der Waals surface area contributed by atoms with Crippen LogP contribution in [0.4, 0.5) is 5.69 Å². The van der Waals surface area contributed by atoms with Gasteiger partial charge in [-0.05, 0) is 31.9 Å². The van der Waals surface area contributed by atoms with Crippen LogP contribution in [0.2, 0.25) is 0 Å². The van der Waals surface area contributed by atoms with E-state index in [1.165, 1.54) is 0 Å². The molecule has 1 saturated heterocycles. The van der Waals surface area contributed by atoms with Gasteiger partial charge >= 0.3 is 0 Å². The number of rotatable bonds is 2. The number of hydrogen-bond donors (Lipinski definition) is 1. The van der Waals surface area contributed by atoms with Crippen LogP contribution in [0.3, 0.4) is 0 Å². The largest absolute Gasteiger partial charge is 0.397 e. The molecule has 1 fully saturated rings. The SMILES string of the molecule is Cc1nc(SC2CCOCC2)ccc1N. The van der Waals surface area contributed by atoms with Crippen LogP contribution in [0.1, 0.15) is 18.5 Å². The topological polar surface area (TPSA) is 48.1 Å². The van der Waals surface area contributed by atoms with E-state index in [2.05, 4.69) is 4.98 Å². The van der Waals surface area contributed by atoms with Gasteiger partial charge < -0.3 is 10.5 Å². The van der Waals surface area contributed by atoms with Crippen LogP contribution in [0.5, 0.6) is 0 Å². The molecule has 0 unspecified atom stereocenters. The van der Waals surface area contributed by atoms with Crippen LogP contribution < -0.4 is 5.73 Å². The molecule has 2 N–H and O–H groups in total. The van der Waals surface area contributed by atoms with Crippen LogP contribution in [-0.2, 0) is 4.74 Å². The average Bonchev–Trinajstić information content (AvgIpc) is 2.25. The van der Waals surface area contributed by atoms with Crippen molar-refractivity contribution >= 4 is 17.4 Å².